The largest absolute Gasteiger partial charge is 0.494 e. The predicted molar refractivity (Wildman–Crippen MR) is 176 cm³/mol. The Kier molecular flexibility index (Phi) is 12.4. The van der Waals surface area contributed by atoms with Gasteiger partial charge in [-0.3, -0.25) is 10.1 Å². The molecule has 4 rings (SSSR count). The van der Waals surface area contributed by atoms with E-state index in [1.165, 1.54) is 28.4 Å². The van der Waals surface area contributed by atoms with Gasteiger partial charge in [-0.15, -0.1) is 0 Å². The Hall–Kier alpha value is -3.60. The minimum Gasteiger partial charge on any atom is -0.494 e. The van der Waals surface area contributed by atoms with Gasteiger partial charge in [0.2, 0.25) is 0 Å². The second kappa shape index (κ2) is 14.3. The van der Waals surface area contributed by atoms with Crippen molar-refractivity contribution in [1.82, 2.24) is 0 Å². The highest BCUT2D eigenvalue weighted by atomic mass is 16.6. The van der Waals surface area contributed by atoms with E-state index >= 15 is 0 Å². The van der Waals surface area contributed by atoms with Crippen LogP contribution in [0.1, 0.15) is 98.9 Å². The van der Waals surface area contributed by atoms with E-state index in [9.17, 15) is 10.1 Å². The fraction of sp³-hybridized carbons (Fsp3) is 0.444. The van der Waals surface area contributed by atoms with Gasteiger partial charge in [0.25, 0.3) is 5.69 Å². The number of rotatable bonds is 3. The van der Waals surface area contributed by atoms with E-state index in [0.717, 1.165) is 30.0 Å². The predicted octanol–water partition coefficient (Wildman–Crippen LogP) is 10.4. The molecule has 3 aromatic rings. The van der Waals surface area contributed by atoms with Crippen molar-refractivity contribution >= 4 is 11.4 Å². The molecule has 0 aromatic heterocycles. The van der Waals surface area contributed by atoms with Crippen LogP contribution in [0.3, 0.4) is 0 Å². The number of anilines is 1. The van der Waals surface area contributed by atoms with Crippen molar-refractivity contribution in [2.75, 3.05) is 11.9 Å². The first kappa shape index (κ1) is 35.4. The van der Waals surface area contributed by atoms with Crippen LogP contribution < -0.4 is 10.1 Å². The number of hydrogen-bond acceptors (Lipinski definition) is 4. The molecule has 5 nitrogen and oxygen atoms in total. The molecular weight excluding hydrogens is 508 g/mol. The topological polar surface area (TPSA) is 64.4 Å². The van der Waals surface area contributed by atoms with Crippen LogP contribution in [0.5, 0.6) is 5.75 Å². The van der Waals surface area contributed by atoms with Crippen LogP contribution in [0, 0.1) is 10.1 Å². The van der Waals surface area contributed by atoms with Gasteiger partial charge in [0.1, 0.15) is 5.75 Å². The molecule has 1 heterocycles. The molecule has 0 unspecified atom stereocenters. The van der Waals surface area contributed by atoms with E-state index in [4.69, 9.17) is 4.74 Å². The molecule has 1 aliphatic heterocycles. The summed E-state index contributed by atoms with van der Waals surface area (Å²) in [5, 5.41) is 13.8. The molecule has 0 aliphatic carbocycles. The van der Waals surface area contributed by atoms with E-state index < -0.39 is 0 Å². The fourth-order valence-electron chi connectivity index (χ4n) is 4.23. The van der Waals surface area contributed by atoms with Gasteiger partial charge in [0, 0.05) is 29.9 Å². The molecule has 1 N–H and O–H groups in total. The summed E-state index contributed by atoms with van der Waals surface area (Å²) in [6.07, 6.45) is 0.972. The van der Waals surface area contributed by atoms with Gasteiger partial charge in [-0.2, -0.15) is 0 Å². The van der Waals surface area contributed by atoms with Crippen LogP contribution in [-0.4, -0.2) is 11.5 Å². The Balaban J connectivity index is 0.000000304. The molecule has 0 radical (unpaired) electrons. The second-order valence-corrected chi connectivity index (χ2v) is 13.3. The van der Waals surface area contributed by atoms with Gasteiger partial charge >= 0.3 is 0 Å². The smallest absolute Gasteiger partial charge is 0.269 e. The van der Waals surface area contributed by atoms with Crippen LogP contribution in [0.25, 0.3) is 0 Å². The summed E-state index contributed by atoms with van der Waals surface area (Å²) in [5.41, 5.74) is 7.85. The summed E-state index contributed by atoms with van der Waals surface area (Å²) in [7, 11) is 0. The lowest BCUT2D eigenvalue weighted by Gasteiger charge is -2.22. The van der Waals surface area contributed by atoms with Crippen molar-refractivity contribution in [3.63, 3.8) is 0 Å². The number of nitrogens with one attached hydrogen (secondary N) is 1. The summed E-state index contributed by atoms with van der Waals surface area (Å²) < 4.78 is 5.56. The van der Waals surface area contributed by atoms with Crippen molar-refractivity contribution in [3.8, 4) is 5.75 Å². The molecule has 0 spiro atoms. The van der Waals surface area contributed by atoms with Crippen LogP contribution >= 0.6 is 0 Å². The van der Waals surface area contributed by atoms with Crippen molar-refractivity contribution < 1.29 is 9.66 Å². The lowest BCUT2D eigenvalue weighted by molar-refractivity contribution is -0.385. The van der Waals surface area contributed by atoms with Crippen molar-refractivity contribution in [2.24, 2.45) is 0 Å². The Morgan fingerprint density at radius 2 is 1.41 bits per heavy atom. The maximum atomic E-state index is 10.5. The van der Waals surface area contributed by atoms with Gasteiger partial charge in [-0.25, -0.2) is 0 Å². The molecule has 3 aromatic carbocycles. The monoisotopic (exact) mass is 560 g/mol. The molecule has 0 atom stereocenters. The Bertz CT molecular complexity index is 1310. The third-order valence-corrected chi connectivity index (χ3v) is 6.61. The molecule has 0 saturated carbocycles. The van der Waals surface area contributed by atoms with Crippen molar-refractivity contribution in [1.29, 1.82) is 0 Å². The van der Waals surface area contributed by atoms with Gasteiger partial charge in [-0.1, -0.05) is 119 Å². The summed E-state index contributed by atoms with van der Waals surface area (Å²) in [4.78, 5) is 10.1. The molecule has 0 saturated heterocycles. The van der Waals surface area contributed by atoms with E-state index in [-0.39, 0.29) is 34.3 Å². The van der Waals surface area contributed by atoms with Gasteiger partial charge < -0.3 is 10.1 Å². The average molecular weight is 561 g/mol. The Labute approximate surface area is 249 Å². The van der Waals surface area contributed by atoms with E-state index in [1.807, 2.05) is 45.9 Å². The number of allylic oxidation sites excluding steroid dienone is 1. The van der Waals surface area contributed by atoms with E-state index in [0.29, 0.717) is 0 Å². The minimum atomic E-state index is -0.366. The minimum absolute atomic E-state index is 0. The quantitative estimate of drug-likeness (QED) is 0.256. The molecule has 1 aliphatic rings. The number of nitrogens with zero attached hydrogens (tertiary/aromatic N) is 1. The lowest BCUT2D eigenvalue weighted by atomic mass is 9.86. The number of ether oxygens (including phenoxy) is 1. The molecule has 0 amide bonds. The van der Waals surface area contributed by atoms with Gasteiger partial charge in [0.15, 0.2) is 0 Å². The first-order chi connectivity index (χ1) is 18.4. The van der Waals surface area contributed by atoms with Crippen LogP contribution in [0.4, 0.5) is 11.4 Å². The molecule has 224 valence electrons. The molecule has 41 heavy (non-hydrogen) atoms. The van der Waals surface area contributed by atoms with Gasteiger partial charge in [0.05, 0.1) is 11.5 Å². The molecule has 0 bridgehead atoms. The fourth-order valence-corrected chi connectivity index (χ4v) is 4.23. The maximum absolute atomic E-state index is 10.5. The first-order valence-corrected chi connectivity index (χ1v) is 14.0. The summed E-state index contributed by atoms with van der Waals surface area (Å²) >= 11 is 0. The SMILES string of the molecule is C.C=C1Cc2ccc(C(C)(C)C)cc2N1.CC(C)(C)c1cccc([N+](=O)[O-])c1.CCOc1ccccc1C(C)(C)C. The summed E-state index contributed by atoms with van der Waals surface area (Å²) in [5.74, 6) is 1.01. The number of hydrogen-bond donors (Lipinski definition) is 1. The molecular formula is C36H52N2O3. The van der Waals surface area contributed by atoms with Crippen LogP contribution in [0.15, 0.2) is 79.0 Å². The Morgan fingerprint density at radius 1 is 0.829 bits per heavy atom. The zero-order valence-electron chi connectivity index (χ0n) is 26.1. The second-order valence-electron chi connectivity index (χ2n) is 13.3. The van der Waals surface area contributed by atoms with Crippen molar-refractivity contribution in [2.45, 2.75) is 99.3 Å². The zero-order chi connectivity index (χ0) is 30.3. The number of nitro benzene ring substituents is 1. The van der Waals surface area contributed by atoms with Gasteiger partial charge in [-0.05, 0) is 57.6 Å². The normalized spacial score (nSPS) is 12.4. The van der Waals surface area contributed by atoms with Crippen molar-refractivity contribution in [3.05, 3.63) is 111 Å². The maximum Gasteiger partial charge on any atom is 0.269 e. The number of para-hydroxylation sites is 1. The van der Waals surface area contributed by atoms with E-state index in [1.54, 1.807) is 12.1 Å². The number of fused-ring (bicyclic) bond motifs is 1. The highest BCUT2D eigenvalue weighted by Gasteiger charge is 2.19. The summed E-state index contributed by atoms with van der Waals surface area (Å²) in [6, 6.07) is 21.7. The molecule has 5 heteroatoms. The third kappa shape index (κ3) is 10.7. The molecule has 0 fully saturated rings. The number of nitro groups is 1. The highest BCUT2D eigenvalue weighted by Crippen LogP contribution is 2.33. The van der Waals surface area contributed by atoms with Crippen LogP contribution in [0.2, 0.25) is 0 Å². The number of non-ortho nitro benzene ring substituents is 1. The van der Waals surface area contributed by atoms with E-state index in [2.05, 4.69) is 83.8 Å². The lowest BCUT2D eigenvalue weighted by Crippen LogP contribution is -2.13. The standard InChI is InChI=1S/C13H17N.C12H18O.C10H13NO2.CH4/c1-9-7-10-5-6-11(13(2,3)4)8-12(10)14-9;1-5-13-11-9-7-6-8-10(11)12(2,3)4;1-10(2,3)8-5-4-6-9(7-8)11(12)13;/h5-6,8,14H,1,7H2,2-4H3;6-9H,5H2,1-4H3;4-7H,1-3H3;1H4. The zero-order valence-corrected chi connectivity index (χ0v) is 26.1. The number of benzene rings is 3. The first-order valence-electron chi connectivity index (χ1n) is 14.0. The highest BCUT2D eigenvalue weighted by molar-refractivity contribution is 5.63. The summed E-state index contributed by atoms with van der Waals surface area (Å²) in [6.45, 7) is 26.1. The Morgan fingerprint density at radius 3 is 1.95 bits per heavy atom. The third-order valence-electron chi connectivity index (χ3n) is 6.61. The average Bonchev–Trinajstić information content (AvgIpc) is 3.23. The van der Waals surface area contributed by atoms with Crippen LogP contribution in [-0.2, 0) is 22.7 Å².